The molecule has 7 nitrogen and oxygen atoms in total. The summed E-state index contributed by atoms with van der Waals surface area (Å²) in [5, 5.41) is 6.50. The number of amides is 1. The number of nitrogens with zero attached hydrogens (tertiary/aromatic N) is 2. The maximum absolute atomic E-state index is 12.2. The molecule has 1 aliphatic carbocycles. The molecule has 3 rings (SSSR count). The Bertz CT molecular complexity index is 610. The van der Waals surface area contributed by atoms with Crippen LogP contribution < -0.4 is 4.72 Å². The second kappa shape index (κ2) is 5.10. The van der Waals surface area contributed by atoms with E-state index in [2.05, 4.69) is 14.9 Å². The average molecular weight is 312 g/mol. The zero-order chi connectivity index (χ0) is 15.1. The van der Waals surface area contributed by atoms with Crippen LogP contribution in [0.15, 0.2) is 12.3 Å². The zero-order valence-corrected chi connectivity index (χ0v) is 12.8. The highest BCUT2D eigenvalue weighted by molar-refractivity contribution is 7.88. The first-order valence-electron chi connectivity index (χ1n) is 7.13. The van der Waals surface area contributed by atoms with E-state index in [0.717, 1.165) is 38.8 Å². The number of H-pyrrole nitrogens is 1. The Morgan fingerprint density at radius 1 is 1.43 bits per heavy atom. The van der Waals surface area contributed by atoms with E-state index in [-0.39, 0.29) is 17.4 Å². The molecule has 1 saturated heterocycles. The first kappa shape index (κ1) is 14.5. The van der Waals surface area contributed by atoms with Crippen LogP contribution in [0.25, 0.3) is 0 Å². The smallest absolute Gasteiger partial charge is 0.271 e. The number of nitrogens with one attached hydrogen (secondary N) is 2. The van der Waals surface area contributed by atoms with E-state index in [0.29, 0.717) is 5.69 Å². The molecule has 1 amide bonds. The highest BCUT2D eigenvalue weighted by Gasteiger charge is 2.47. The third kappa shape index (κ3) is 3.11. The number of likely N-dealkylation sites (tertiary alicyclic amines) is 1. The van der Waals surface area contributed by atoms with Crippen molar-refractivity contribution in [3.05, 3.63) is 18.0 Å². The van der Waals surface area contributed by atoms with Gasteiger partial charge in [0, 0.05) is 25.3 Å². The lowest BCUT2D eigenvalue weighted by atomic mass is 9.60. The van der Waals surface area contributed by atoms with Gasteiger partial charge >= 0.3 is 0 Å². The minimum atomic E-state index is -3.12. The molecule has 1 saturated carbocycles. The Hall–Kier alpha value is -1.41. The maximum Gasteiger partial charge on any atom is 0.271 e. The minimum Gasteiger partial charge on any atom is -0.337 e. The van der Waals surface area contributed by atoms with E-state index < -0.39 is 10.0 Å². The van der Waals surface area contributed by atoms with Gasteiger partial charge in [-0.2, -0.15) is 5.10 Å². The van der Waals surface area contributed by atoms with Gasteiger partial charge in [-0.15, -0.1) is 0 Å². The van der Waals surface area contributed by atoms with Crippen molar-refractivity contribution in [2.45, 2.75) is 31.7 Å². The van der Waals surface area contributed by atoms with Crippen LogP contribution in [-0.2, 0) is 10.0 Å². The highest BCUT2D eigenvalue weighted by atomic mass is 32.2. The first-order valence-corrected chi connectivity index (χ1v) is 9.02. The van der Waals surface area contributed by atoms with E-state index in [9.17, 15) is 13.2 Å². The third-order valence-corrected chi connectivity index (χ3v) is 5.34. The fourth-order valence-electron chi connectivity index (χ4n) is 3.51. The van der Waals surface area contributed by atoms with Crippen LogP contribution in [0.3, 0.4) is 0 Å². The van der Waals surface area contributed by atoms with Crippen molar-refractivity contribution < 1.29 is 13.2 Å². The van der Waals surface area contributed by atoms with Crippen LogP contribution in [0.5, 0.6) is 0 Å². The molecule has 1 spiro atoms. The lowest BCUT2D eigenvalue weighted by molar-refractivity contribution is 0.0135. The summed E-state index contributed by atoms with van der Waals surface area (Å²) in [4.78, 5) is 14.0. The maximum atomic E-state index is 12.2. The quantitative estimate of drug-likeness (QED) is 0.841. The standard InChI is InChI=1S/C13H20N4O3S/c1-21(19,20)16-10-8-13(9-10)3-6-17(7-4-13)12(18)11-2-5-14-15-11/h2,5,10,16H,3-4,6-9H2,1H3,(H,14,15). The first-order chi connectivity index (χ1) is 9.87. The number of hydrogen-bond acceptors (Lipinski definition) is 4. The Kier molecular flexibility index (Phi) is 3.53. The van der Waals surface area contributed by atoms with Gasteiger partial charge in [-0.3, -0.25) is 9.89 Å². The van der Waals surface area contributed by atoms with Gasteiger partial charge in [0.1, 0.15) is 5.69 Å². The van der Waals surface area contributed by atoms with Crippen molar-refractivity contribution in [3.8, 4) is 0 Å². The molecule has 1 aromatic heterocycles. The van der Waals surface area contributed by atoms with Gasteiger partial charge in [-0.25, -0.2) is 13.1 Å². The summed E-state index contributed by atoms with van der Waals surface area (Å²) < 4.78 is 25.1. The second-order valence-corrected chi connectivity index (χ2v) is 8.04. The molecule has 2 heterocycles. The normalized spacial score (nSPS) is 22.2. The molecule has 2 N–H and O–H groups in total. The van der Waals surface area contributed by atoms with E-state index >= 15 is 0 Å². The van der Waals surface area contributed by atoms with E-state index in [4.69, 9.17) is 0 Å². The molecule has 0 unspecified atom stereocenters. The van der Waals surface area contributed by atoms with Crippen molar-refractivity contribution in [2.24, 2.45) is 5.41 Å². The van der Waals surface area contributed by atoms with Crippen molar-refractivity contribution in [1.29, 1.82) is 0 Å². The number of rotatable bonds is 3. The van der Waals surface area contributed by atoms with Crippen LogP contribution >= 0.6 is 0 Å². The molecule has 2 aliphatic rings. The number of piperidine rings is 1. The topological polar surface area (TPSA) is 95.2 Å². The average Bonchev–Trinajstić information content (AvgIpc) is 2.89. The number of aromatic nitrogens is 2. The molecule has 21 heavy (non-hydrogen) atoms. The summed E-state index contributed by atoms with van der Waals surface area (Å²) in [7, 11) is -3.12. The highest BCUT2D eigenvalue weighted by Crippen LogP contribution is 2.49. The molecular formula is C13H20N4O3S. The van der Waals surface area contributed by atoms with E-state index in [1.54, 1.807) is 12.3 Å². The van der Waals surface area contributed by atoms with Crippen molar-refractivity contribution >= 4 is 15.9 Å². The van der Waals surface area contributed by atoms with Gasteiger partial charge in [0.25, 0.3) is 5.91 Å². The number of sulfonamides is 1. The van der Waals surface area contributed by atoms with Gasteiger partial charge in [0.15, 0.2) is 0 Å². The van der Waals surface area contributed by atoms with Crippen LogP contribution in [0, 0.1) is 5.41 Å². The summed E-state index contributed by atoms with van der Waals surface area (Å²) >= 11 is 0. The van der Waals surface area contributed by atoms with Gasteiger partial charge < -0.3 is 4.90 Å². The van der Waals surface area contributed by atoms with Crippen molar-refractivity contribution in [2.75, 3.05) is 19.3 Å². The molecule has 8 heteroatoms. The summed E-state index contributed by atoms with van der Waals surface area (Å²) in [5.41, 5.74) is 0.740. The molecule has 0 atom stereocenters. The third-order valence-electron chi connectivity index (χ3n) is 4.58. The number of aromatic amines is 1. The molecule has 2 fully saturated rings. The van der Waals surface area contributed by atoms with Crippen molar-refractivity contribution in [3.63, 3.8) is 0 Å². The predicted molar refractivity (Wildman–Crippen MR) is 77.2 cm³/mol. The fraction of sp³-hybridized carbons (Fsp3) is 0.692. The van der Waals surface area contributed by atoms with Gasteiger partial charge in [0.05, 0.1) is 6.26 Å². The van der Waals surface area contributed by atoms with E-state index in [1.807, 2.05) is 4.90 Å². The molecule has 0 radical (unpaired) electrons. The number of carbonyl (C=O) groups excluding carboxylic acids is 1. The molecule has 1 aromatic rings. The summed E-state index contributed by atoms with van der Waals surface area (Å²) in [6, 6.07) is 1.75. The number of hydrogen-bond donors (Lipinski definition) is 2. The van der Waals surface area contributed by atoms with Crippen molar-refractivity contribution in [1.82, 2.24) is 19.8 Å². The summed E-state index contributed by atoms with van der Waals surface area (Å²) in [5.74, 6) is -0.00696. The SMILES string of the molecule is CS(=O)(=O)NC1CC2(CCN(C(=O)c3ccn[nH]3)CC2)C1. The molecule has 1 aliphatic heterocycles. The fourth-order valence-corrected chi connectivity index (χ4v) is 4.28. The van der Waals surface area contributed by atoms with Crippen LogP contribution in [0.4, 0.5) is 0 Å². The van der Waals surface area contributed by atoms with Gasteiger partial charge in [-0.05, 0) is 37.2 Å². The largest absolute Gasteiger partial charge is 0.337 e. The lowest BCUT2D eigenvalue weighted by Gasteiger charge is -2.52. The molecule has 0 bridgehead atoms. The Morgan fingerprint density at radius 3 is 2.62 bits per heavy atom. The monoisotopic (exact) mass is 312 g/mol. The zero-order valence-electron chi connectivity index (χ0n) is 12.0. The second-order valence-electron chi connectivity index (χ2n) is 6.26. The lowest BCUT2D eigenvalue weighted by Crippen LogP contribution is -2.55. The predicted octanol–water partition coefficient (Wildman–Crippen LogP) is 0.344. The minimum absolute atomic E-state index is 0.00696. The Balaban J connectivity index is 1.52. The van der Waals surface area contributed by atoms with Crippen LogP contribution in [0.1, 0.15) is 36.2 Å². The Morgan fingerprint density at radius 2 is 2.10 bits per heavy atom. The van der Waals surface area contributed by atoms with Crippen LogP contribution in [0.2, 0.25) is 0 Å². The van der Waals surface area contributed by atoms with Gasteiger partial charge in [-0.1, -0.05) is 0 Å². The molecular weight excluding hydrogens is 292 g/mol. The van der Waals surface area contributed by atoms with Gasteiger partial charge in [0.2, 0.25) is 10.0 Å². The molecule has 0 aromatic carbocycles. The summed E-state index contributed by atoms with van der Waals surface area (Å²) in [6.07, 6.45) is 6.41. The Labute approximate surface area is 124 Å². The summed E-state index contributed by atoms with van der Waals surface area (Å²) in [6.45, 7) is 1.45. The van der Waals surface area contributed by atoms with E-state index in [1.165, 1.54) is 6.26 Å². The molecule has 116 valence electrons. The number of carbonyl (C=O) groups is 1. The van der Waals surface area contributed by atoms with Crippen LogP contribution in [-0.4, -0.2) is 54.8 Å².